The molecule has 1 atom stereocenters. The Morgan fingerprint density at radius 1 is 1.58 bits per heavy atom. The molecule has 0 aliphatic rings. The molecule has 0 fully saturated rings. The van der Waals surface area contributed by atoms with Gasteiger partial charge in [-0.15, -0.1) is 0 Å². The van der Waals surface area contributed by atoms with E-state index in [1.807, 2.05) is 31.1 Å². The molecule has 1 aromatic rings. The van der Waals surface area contributed by atoms with E-state index in [9.17, 15) is 0 Å². The average Bonchev–Trinajstić information content (AvgIpc) is 2.07. The van der Waals surface area contributed by atoms with E-state index in [-0.39, 0.29) is 12.6 Å². The molecule has 1 rings (SSSR count). The van der Waals surface area contributed by atoms with Crippen LogP contribution in [0.4, 0.5) is 0 Å². The van der Waals surface area contributed by atoms with E-state index in [0.717, 1.165) is 5.56 Å². The first-order valence-electron chi connectivity index (χ1n) is 3.93. The fourth-order valence-electron chi connectivity index (χ4n) is 1.14. The van der Waals surface area contributed by atoms with Gasteiger partial charge in [-0.1, -0.05) is 6.07 Å². The van der Waals surface area contributed by atoms with Gasteiger partial charge in [0, 0.05) is 12.4 Å². The molecule has 12 heavy (non-hydrogen) atoms. The molecule has 1 heterocycles. The molecule has 1 N–H and O–H groups in total. The smallest absolute Gasteiger partial charge is 0.0629 e. The summed E-state index contributed by atoms with van der Waals surface area (Å²) in [4.78, 5) is 5.97. The van der Waals surface area contributed by atoms with Gasteiger partial charge >= 0.3 is 0 Å². The predicted octanol–water partition coefficient (Wildman–Crippen LogP) is 0.677. The van der Waals surface area contributed by atoms with Crippen molar-refractivity contribution in [3.05, 3.63) is 30.1 Å². The number of aromatic nitrogens is 1. The third-order valence-corrected chi connectivity index (χ3v) is 1.87. The van der Waals surface area contributed by atoms with Crippen molar-refractivity contribution in [1.82, 2.24) is 9.88 Å². The van der Waals surface area contributed by atoms with Gasteiger partial charge in [0.1, 0.15) is 0 Å². The maximum Gasteiger partial charge on any atom is 0.0629 e. The number of aliphatic hydroxyl groups excluding tert-OH is 1. The Morgan fingerprint density at radius 3 is 2.75 bits per heavy atom. The van der Waals surface area contributed by atoms with Crippen LogP contribution in [0.2, 0.25) is 0 Å². The minimum atomic E-state index is 0.0544. The van der Waals surface area contributed by atoms with Gasteiger partial charge in [0.25, 0.3) is 0 Å². The van der Waals surface area contributed by atoms with Crippen LogP contribution in [0.15, 0.2) is 24.5 Å². The lowest BCUT2D eigenvalue weighted by Crippen LogP contribution is -2.23. The van der Waals surface area contributed by atoms with E-state index in [2.05, 4.69) is 4.98 Å². The van der Waals surface area contributed by atoms with Crippen molar-refractivity contribution in [1.29, 1.82) is 0 Å². The van der Waals surface area contributed by atoms with Crippen molar-refractivity contribution in [2.75, 3.05) is 20.7 Å². The largest absolute Gasteiger partial charge is 0.394 e. The molecule has 66 valence electrons. The molecule has 0 spiro atoms. The standard InChI is InChI=1S/C9H14N2O/c1-11(2)9(7-12)8-4-3-5-10-6-8/h3-6,9,12H,7H2,1-2H3/t9-/m1/s1. The first kappa shape index (κ1) is 9.16. The van der Waals surface area contributed by atoms with Crippen LogP contribution in [0.25, 0.3) is 0 Å². The fourth-order valence-corrected chi connectivity index (χ4v) is 1.14. The normalized spacial score (nSPS) is 13.3. The Hall–Kier alpha value is -0.930. The second-order valence-corrected chi connectivity index (χ2v) is 2.95. The predicted molar refractivity (Wildman–Crippen MR) is 47.8 cm³/mol. The Balaban J connectivity index is 2.80. The monoisotopic (exact) mass is 166 g/mol. The SMILES string of the molecule is CN(C)[C@H](CO)c1cccnc1. The van der Waals surface area contributed by atoms with E-state index >= 15 is 0 Å². The van der Waals surface area contributed by atoms with Gasteiger partial charge in [-0.2, -0.15) is 0 Å². The van der Waals surface area contributed by atoms with Gasteiger partial charge in [-0.25, -0.2) is 0 Å². The van der Waals surface area contributed by atoms with Crippen LogP contribution in [0.5, 0.6) is 0 Å². The van der Waals surface area contributed by atoms with Crippen molar-refractivity contribution in [2.24, 2.45) is 0 Å². The zero-order valence-corrected chi connectivity index (χ0v) is 7.44. The Labute approximate surface area is 72.7 Å². The fraction of sp³-hybridized carbons (Fsp3) is 0.444. The molecule has 0 bridgehead atoms. The third kappa shape index (κ3) is 2.03. The summed E-state index contributed by atoms with van der Waals surface area (Å²) in [5.74, 6) is 0. The van der Waals surface area contributed by atoms with Gasteiger partial charge in [-0.05, 0) is 25.7 Å². The third-order valence-electron chi connectivity index (χ3n) is 1.87. The molecular formula is C9H14N2O. The van der Waals surface area contributed by atoms with E-state index in [1.54, 1.807) is 12.4 Å². The first-order valence-corrected chi connectivity index (χ1v) is 3.93. The summed E-state index contributed by atoms with van der Waals surface area (Å²) in [5.41, 5.74) is 1.05. The number of pyridine rings is 1. The summed E-state index contributed by atoms with van der Waals surface area (Å²) >= 11 is 0. The number of aliphatic hydroxyl groups is 1. The van der Waals surface area contributed by atoms with E-state index in [1.165, 1.54) is 0 Å². The van der Waals surface area contributed by atoms with Crippen molar-refractivity contribution in [3.63, 3.8) is 0 Å². The quantitative estimate of drug-likeness (QED) is 0.717. The molecule has 0 aliphatic carbocycles. The molecule has 0 saturated carbocycles. The van der Waals surface area contributed by atoms with Gasteiger partial charge in [0.2, 0.25) is 0 Å². The maximum absolute atomic E-state index is 9.08. The number of hydrogen-bond donors (Lipinski definition) is 1. The van der Waals surface area contributed by atoms with Crippen molar-refractivity contribution >= 4 is 0 Å². The average molecular weight is 166 g/mol. The van der Waals surface area contributed by atoms with Crippen LogP contribution >= 0.6 is 0 Å². The highest BCUT2D eigenvalue weighted by Crippen LogP contribution is 2.14. The molecule has 1 aromatic heterocycles. The molecule has 0 aromatic carbocycles. The lowest BCUT2D eigenvalue weighted by atomic mass is 10.1. The van der Waals surface area contributed by atoms with Gasteiger partial charge in [-0.3, -0.25) is 4.98 Å². The molecule has 0 saturated heterocycles. The summed E-state index contributed by atoms with van der Waals surface area (Å²) in [6.45, 7) is 0.124. The van der Waals surface area contributed by atoms with Crippen LogP contribution in [0, 0.1) is 0 Å². The summed E-state index contributed by atoms with van der Waals surface area (Å²) in [5, 5.41) is 9.08. The molecule has 0 unspecified atom stereocenters. The summed E-state index contributed by atoms with van der Waals surface area (Å²) < 4.78 is 0. The number of hydrogen-bond acceptors (Lipinski definition) is 3. The Kier molecular flexibility index (Phi) is 3.19. The molecule has 0 amide bonds. The van der Waals surface area contributed by atoms with Gasteiger partial charge in [0.15, 0.2) is 0 Å². The molecule has 3 heteroatoms. The summed E-state index contributed by atoms with van der Waals surface area (Å²) in [7, 11) is 3.88. The maximum atomic E-state index is 9.08. The number of rotatable bonds is 3. The lowest BCUT2D eigenvalue weighted by Gasteiger charge is -2.21. The zero-order chi connectivity index (χ0) is 8.97. The second-order valence-electron chi connectivity index (χ2n) is 2.95. The number of likely N-dealkylation sites (N-methyl/N-ethyl adjacent to an activating group) is 1. The van der Waals surface area contributed by atoms with Crippen LogP contribution < -0.4 is 0 Å². The molecule has 3 nitrogen and oxygen atoms in total. The molecule has 0 aliphatic heterocycles. The van der Waals surface area contributed by atoms with Gasteiger partial charge in [0.05, 0.1) is 12.6 Å². The van der Waals surface area contributed by atoms with Crippen LogP contribution in [0.1, 0.15) is 11.6 Å². The first-order chi connectivity index (χ1) is 5.75. The molecular weight excluding hydrogens is 152 g/mol. The van der Waals surface area contributed by atoms with Crippen LogP contribution in [0.3, 0.4) is 0 Å². The Bertz CT molecular complexity index is 223. The zero-order valence-electron chi connectivity index (χ0n) is 7.44. The minimum Gasteiger partial charge on any atom is -0.394 e. The van der Waals surface area contributed by atoms with Crippen LogP contribution in [-0.2, 0) is 0 Å². The Morgan fingerprint density at radius 2 is 2.33 bits per heavy atom. The van der Waals surface area contributed by atoms with E-state index < -0.39 is 0 Å². The second kappa shape index (κ2) is 4.18. The number of nitrogens with zero attached hydrogens (tertiary/aromatic N) is 2. The summed E-state index contributed by atoms with van der Waals surface area (Å²) in [6, 6.07) is 3.90. The highest BCUT2D eigenvalue weighted by molar-refractivity contribution is 5.13. The highest BCUT2D eigenvalue weighted by atomic mass is 16.3. The van der Waals surface area contributed by atoms with Gasteiger partial charge < -0.3 is 10.0 Å². The van der Waals surface area contributed by atoms with Crippen molar-refractivity contribution < 1.29 is 5.11 Å². The topological polar surface area (TPSA) is 36.4 Å². The lowest BCUT2D eigenvalue weighted by molar-refractivity contribution is 0.170. The van der Waals surface area contributed by atoms with Crippen LogP contribution in [-0.4, -0.2) is 35.7 Å². The summed E-state index contributed by atoms with van der Waals surface area (Å²) in [6.07, 6.45) is 3.51. The van der Waals surface area contributed by atoms with Crippen molar-refractivity contribution in [3.8, 4) is 0 Å². The highest BCUT2D eigenvalue weighted by Gasteiger charge is 2.11. The molecule has 0 radical (unpaired) electrons. The van der Waals surface area contributed by atoms with E-state index in [0.29, 0.717) is 0 Å². The minimum absolute atomic E-state index is 0.0544. The van der Waals surface area contributed by atoms with Crippen molar-refractivity contribution in [2.45, 2.75) is 6.04 Å². The van der Waals surface area contributed by atoms with E-state index in [4.69, 9.17) is 5.11 Å².